The number of benzene rings is 3. The SMILES string of the molecule is CCOP1(=O)C(c2ccc(OC)cc2)=C(c2ccc(OC)cc2)c2ccccc21. The Morgan fingerprint density at radius 1 is 0.759 bits per heavy atom. The first-order chi connectivity index (χ1) is 14.1. The molecule has 0 saturated heterocycles. The van der Waals surface area contributed by atoms with Crippen LogP contribution < -0.4 is 14.8 Å². The van der Waals surface area contributed by atoms with E-state index in [2.05, 4.69) is 0 Å². The number of fused-ring (bicyclic) bond motifs is 1. The van der Waals surface area contributed by atoms with Crippen LogP contribution in [0.2, 0.25) is 0 Å². The summed E-state index contributed by atoms with van der Waals surface area (Å²) in [4.78, 5) is 0. The lowest BCUT2D eigenvalue weighted by atomic mass is 9.95. The maximum atomic E-state index is 14.3. The predicted octanol–water partition coefficient (Wildman–Crippen LogP) is 5.57. The van der Waals surface area contributed by atoms with E-state index in [-0.39, 0.29) is 0 Å². The van der Waals surface area contributed by atoms with Crippen LogP contribution in [0.4, 0.5) is 0 Å². The topological polar surface area (TPSA) is 44.8 Å². The summed E-state index contributed by atoms with van der Waals surface area (Å²) in [5.74, 6) is 1.53. The first-order valence-electron chi connectivity index (χ1n) is 9.50. The maximum absolute atomic E-state index is 14.3. The number of rotatable bonds is 6. The van der Waals surface area contributed by atoms with Crippen LogP contribution in [0.3, 0.4) is 0 Å². The van der Waals surface area contributed by atoms with Gasteiger partial charge in [0.25, 0.3) is 7.37 Å². The molecule has 1 heterocycles. The van der Waals surface area contributed by atoms with Gasteiger partial charge in [-0.25, -0.2) is 0 Å². The molecular weight excluding hydrogens is 383 g/mol. The zero-order valence-electron chi connectivity index (χ0n) is 16.7. The summed E-state index contributed by atoms with van der Waals surface area (Å²) in [6, 6.07) is 23.3. The molecule has 3 aromatic carbocycles. The van der Waals surface area contributed by atoms with E-state index in [4.69, 9.17) is 14.0 Å². The van der Waals surface area contributed by atoms with Crippen molar-refractivity contribution >= 4 is 23.6 Å². The summed E-state index contributed by atoms with van der Waals surface area (Å²) in [6.07, 6.45) is 0. The van der Waals surface area contributed by atoms with Crippen molar-refractivity contribution in [3.63, 3.8) is 0 Å². The molecule has 0 aromatic heterocycles. The molecule has 5 heteroatoms. The van der Waals surface area contributed by atoms with Crippen molar-refractivity contribution < 1.29 is 18.6 Å². The Balaban J connectivity index is 2.02. The highest BCUT2D eigenvalue weighted by atomic mass is 31.2. The van der Waals surface area contributed by atoms with Crippen molar-refractivity contribution in [2.45, 2.75) is 6.92 Å². The van der Waals surface area contributed by atoms with Gasteiger partial charge in [-0.2, -0.15) is 0 Å². The minimum Gasteiger partial charge on any atom is -0.497 e. The van der Waals surface area contributed by atoms with Crippen molar-refractivity contribution in [1.29, 1.82) is 0 Å². The number of hydrogen-bond acceptors (Lipinski definition) is 4. The van der Waals surface area contributed by atoms with Gasteiger partial charge in [-0.1, -0.05) is 42.5 Å². The van der Waals surface area contributed by atoms with E-state index in [1.165, 1.54) is 0 Å². The fourth-order valence-corrected chi connectivity index (χ4v) is 6.46. The van der Waals surface area contributed by atoms with Crippen LogP contribution in [0.1, 0.15) is 23.6 Å². The Morgan fingerprint density at radius 2 is 1.31 bits per heavy atom. The second-order valence-corrected chi connectivity index (χ2v) is 8.96. The molecule has 4 rings (SSSR count). The molecule has 0 radical (unpaired) electrons. The van der Waals surface area contributed by atoms with E-state index < -0.39 is 7.37 Å². The van der Waals surface area contributed by atoms with E-state index in [1.54, 1.807) is 14.2 Å². The van der Waals surface area contributed by atoms with Crippen molar-refractivity contribution in [1.82, 2.24) is 0 Å². The molecule has 1 atom stereocenters. The molecule has 3 aromatic rings. The molecule has 0 saturated carbocycles. The first-order valence-corrected chi connectivity index (χ1v) is 11.1. The standard InChI is InChI=1S/C24H23O4P/c1-4-28-29(25)22-8-6-5-7-21(22)23(17-9-13-19(26-2)14-10-17)24(29)18-11-15-20(27-3)16-12-18/h5-16H,4H2,1-3H3. The lowest BCUT2D eigenvalue weighted by Crippen LogP contribution is -2.07. The highest BCUT2D eigenvalue weighted by Gasteiger charge is 2.43. The predicted molar refractivity (Wildman–Crippen MR) is 117 cm³/mol. The molecule has 4 nitrogen and oxygen atoms in total. The Bertz CT molecular complexity index is 1100. The van der Waals surface area contributed by atoms with E-state index in [0.29, 0.717) is 6.61 Å². The molecule has 29 heavy (non-hydrogen) atoms. The zero-order valence-corrected chi connectivity index (χ0v) is 17.6. The second-order valence-electron chi connectivity index (χ2n) is 6.67. The summed E-state index contributed by atoms with van der Waals surface area (Å²) in [5.41, 5.74) is 3.72. The smallest absolute Gasteiger partial charge is 0.263 e. The minimum atomic E-state index is -3.25. The monoisotopic (exact) mass is 406 g/mol. The van der Waals surface area contributed by atoms with Crippen LogP contribution in [-0.4, -0.2) is 20.8 Å². The third-order valence-corrected chi connectivity index (χ3v) is 7.79. The van der Waals surface area contributed by atoms with Crippen molar-refractivity contribution in [3.8, 4) is 11.5 Å². The van der Waals surface area contributed by atoms with E-state index >= 15 is 0 Å². The van der Waals surface area contributed by atoms with Gasteiger partial charge in [0.15, 0.2) is 0 Å². The molecule has 1 aliphatic heterocycles. The van der Waals surface area contributed by atoms with Crippen molar-refractivity contribution in [2.24, 2.45) is 0 Å². The van der Waals surface area contributed by atoms with Crippen LogP contribution in [0, 0.1) is 0 Å². The lowest BCUT2D eigenvalue weighted by Gasteiger charge is -2.18. The van der Waals surface area contributed by atoms with Gasteiger partial charge < -0.3 is 14.0 Å². The van der Waals surface area contributed by atoms with Gasteiger partial charge in [0, 0.05) is 10.9 Å². The van der Waals surface area contributed by atoms with Crippen molar-refractivity contribution in [3.05, 3.63) is 89.5 Å². The number of ether oxygens (including phenoxy) is 2. The summed E-state index contributed by atoms with van der Waals surface area (Å²) < 4.78 is 30.9. The van der Waals surface area contributed by atoms with E-state index in [1.807, 2.05) is 79.7 Å². The maximum Gasteiger partial charge on any atom is 0.263 e. The molecule has 1 aliphatic rings. The first kappa shape index (κ1) is 19.5. The summed E-state index contributed by atoms with van der Waals surface area (Å²) >= 11 is 0. The minimum absolute atomic E-state index is 0.362. The molecule has 0 aliphatic carbocycles. The van der Waals surface area contributed by atoms with Gasteiger partial charge in [-0.15, -0.1) is 0 Å². The molecule has 1 unspecified atom stereocenters. The molecule has 0 N–H and O–H groups in total. The lowest BCUT2D eigenvalue weighted by molar-refractivity contribution is 0.349. The molecule has 0 spiro atoms. The van der Waals surface area contributed by atoms with E-state index in [9.17, 15) is 4.57 Å². The fourth-order valence-electron chi connectivity index (χ4n) is 3.77. The van der Waals surface area contributed by atoms with Crippen LogP contribution in [0.25, 0.3) is 10.9 Å². The highest BCUT2D eigenvalue weighted by molar-refractivity contribution is 7.78. The van der Waals surface area contributed by atoms with Crippen LogP contribution in [0.15, 0.2) is 72.8 Å². The fraction of sp³-hybridized carbons (Fsp3) is 0.167. The molecule has 0 amide bonds. The Morgan fingerprint density at radius 3 is 1.86 bits per heavy atom. The molecule has 0 bridgehead atoms. The third-order valence-electron chi connectivity index (χ3n) is 5.07. The zero-order chi connectivity index (χ0) is 20.4. The molecule has 0 fully saturated rings. The quantitative estimate of drug-likeness (QED) is 0.502. The molecule has 148 valence electrons. The average Bonchev–Trinajstić information content (AvgIpc) is 3.03. The van der Waals surface area contributed by atoms with Gasteiger partial charge in [-0.3, -0.25) is 4.57 Å². The average molecular weight is 406 g/mol. The summed E-state index contributed by atoms with van der Waals surface area (Å²) in [7, 11) is 0.0281. The highest BCUT2D eigenvalue weighted by Crippen LogP contribution is 2.66. The Hall–Kier alpha value is -2.81. The molecular formula is C24H23O4P. The third kappa shape index (κ3) is 3.29. The second kappa shape index (κ2) is 7.90. The van der Waals surface area contributed by atoms with Gasteiger partial charge >= 0.3 is 0 Å². The van der Waals surface area contributed by atoms with Gasteiger partial charge in [-0.05, 0) is 53.9 Å². The number of methoxy groups -OCH3 is 2. The van der Waals surface area contributed by atoms with Gasteiger partial charge in [0.1, 0.15) is 11.5 Å². The Kier molecular flexibility index (Phi) is 5.31. The van der Waals surface area contributed by atoms with Crippen LogP contribution >= 0.6 is 7.37 Å². The number of hydrogen-bond donors (Lipinski definition) is 0. The van der Waals surface area contributed by atoms with Crippen LogP contribution in [0.5, 0.6) is 11.5 Å². The van der Waals surface area contributed by atoms with Crippen LogP contribution in [-0.2, 0) is 9.09 Å². The van der Waals surface area contributed by atoms with Gasteiger partial charge in [0.2, 0.25) is 0 Å². The van der Waals surface area contributed by atoms with E-state index in [0.717, 1.165) is 44.4 Å². The Labute approximate surface area is 171 Å². The summed E-state index contributed by atoms with van der Waals surface area (Å²) in [5, 5.41) is 1.48. The normalized spacial score (nSPS) is 17.9. The largest absolute Gasteiger partial charge is 0.497 e. The summed E-state index contributed by atoms with van der Waals surface area (Å²) in [6.45, 7) is 2.24. The van der Waals surface area contributed by atoms with Gasteiger partial charge in [0.05, 0.1) is 26.1 Å². The van der Waals surface area contributed by atoms with Crippen molar-refractivity contribution in [2.75, 3.05) is 20.8 Å².